The van der Waals surface area contributed by atoms with Crippen LogP contribution >= 0.6 is 0 Å². The Morgan fingerprint density at radius 1 is 0.933 bits per heavy atom. The van der Waals surface area contributed by atoms with Gasteiger partial charge in [0.05, 0.1) is 18.8 Å². The number of hydrogen-bond donors (Lipinski definition) is 0. The summed E-state index contributed by atoms with van der Waals surface area (Å²) in [7, 11) is 0. The Labute approximate surface area is 176 Å². The molecule has 0 spiro atoms. The molecule has 30 heavy (non-hydrogen) atoms. The van der Waals surface area contributed by atoms with Gasteiger partial charge in [-0.2, -0.15) is 0 Å². The monoisotopic (exact) mass is 409 g/mol. The van der Waals surface area contributed by atoms with Crippen LogP contribution in [0.4, 0.5) is 5.82 Å². The van der Waals surface area contributed by atoms with Crippen molar-refractivity contribution in [1.29, 1.82) is 0 Å². The maximum Gasteiger partial charge on any atom is 0.340 e. The summed E-state index contributed by atoms with van der Waals surface area (Å²) in [6.07, 6.45) is 3.65. The van der Waals surface area contributed by atoms with Crippen LogP contribution in [0.5, 0.6) is 0 Å². The van der Waals surface area contributed by atoms with Gasteiger partial charge in [0, 0.05) is 37.9 Å². The van der Waals surface area contributed by atoms with Crippen molar-refractivity contribution in [2.45, 2.75) is 25.4 Å². The molecule has 1 amide bonds. The number of carbonyl (C=O) groups excluding carboxylic acids is 2. The lowest BCUT2D eigenvalue weighted by Crippen LogP contribution is -2.40. The normalized spacial score (nSPS) is 18.0. The molecule has 7 nitrogen and oxygen atoms in total. The number of rotatable bonds is 5. The molecule has 2 fully saturated rings. The fraction of sp³-hybridized carbons (Fsp3) is 0.435. The van der Waals surface area contributed by atoms with Gasteiger partial charge in [-0.1, -0.05) is 30.3 Å². The molecule has 2 aliphatic heterocycles. The molecule has 1 aromatic heterocycles. The first kappa shape index (κ1) is 20.3. The number of benzene rings is 1. The third-order valence-electron chi connectivity index (χ3n) is 5.54. The number of ether oxygens (including phenoxy) is 2. The molecule has 2 aromatic rings. The van der Waals surface area contributed by atoms with E-state index in [1.807, 2.05) is 36.4 Å². The molecule has 0 saturated carbocycles. The summed E-state index contributed by atoms with van der Waals surface area (Å²) in [5.74, 6) is 0.0984. The molecule has 1 atom stereocenters. The summed E-state index contributed by atoms with van der Waals surface area (Å²) in [4.78, 5) is 34.3. The van der Waals surface area contributed by atoms with Crippen molar-refractivity contribution in [3.05, 3.63) is 59.8 Å². The zero-order chi connectivity index (χ0) is 20.8. The van der Waals surface area contributed by atoms with Gasteiger partial charge in [-0.15, -0.1) is 0 Å². The fourth-order valence-electron chi connectivity index (χ4n) is 3.83. The number of amides is 1. The summed E-state index contributed by atoms with van der Waals surface area (Å²) in [5, 5.41) is 0. The minimum Gasteiger partial charge on any atom is -0.444 e. The number of esters is 1. The summed E-state index contributed by atoms with van der Waals surface area (Å²) in [5.41, 5.74) is 1.01. The maximum atomic E-state index is 13.1. The smallest absolute Gasteiger partial charge is 0.340 e. The molecule has 4 rings (SSSR count). The number of likely N-dealkylation sites (tertiary alicyclic amines) is 1. The highest BCUT2D eigenvalue weighted by molar-refractivity contribution is 5.92. The number of hydrogen-bond acceptors (Lipinski definition) is 6. The van der Waals surface area contributed by atoms with Gasteiger partial charge in [0.1, 0.15) is 5.82 Å². The topological polar surface area (TPSA) is 72.0 Å². The molecule has 7 heteroatoms. The van der Waals surface area contributed by atoms with E-state index in [0.717, 1.165) is 38.2 Å². The van der Waals surface area contributed by atoms with E-state index in [9.17, 15) is 9.59 Å². The van der Waals surface area contributed by atoms with Gasteiger partial charge in [-0.25, -0.2) is 9.78 Å². The van der Waals surface area contributed by atoms with Crippen molar-refractivity contribution < 1.29 is 19.1 Å². The van der Waals surface area contributed by atoms with Crippen LogP contribution in [-0.2, 0) is 14.3 Å². The molecule has 0 radical (unpaired) electrons. The van der Waals surface area contributed by atoms with Crippen molar-refractivity contribution in [3.63, 3.8) is 0 Å². The number of pyridine rings is 1. The van der Waals surface area contributed by atoms with E-state index in [-0.39, 0.29) is 5.91 Å². The summed E-state index contributed by atoms with van der Waals surface area (Å²) in [6, 6.07) is 12.7. The van der Waals surface area contributed by atoms with Crippen LogP contribution in [0.3, 0.4) is 0 Å². The zero-order valence-electron chi connectivity index (χ0n) is 17.0. The van der Waals surface area contributed by atoms with Crippen LogP contribution in [-0.4, -0.2) is 61.2 Å². The van der Waals surface area contributed by atoms with E-state index >= 15 is 0 Å². The molecule has 2 aliphatic rings. The lowest BCUT2D eigenvalue weighted by molar-refractivity contribution is -0.142. The van der Waals surface area contributed by atoms with Crippen molar-refractivity contribution in [1.82, 2.24) is 9.88 Å². The maximum absolute atomic E-state index is 13.1. The van der Waals surface area contributed by atoms with E-state index in [2.05, 4.69) is 9.88 Å². The predicted molar refractivity (Wildman–Crippen MR) is 112 cm³/mol. The summed E-state index contributed by atoms with van der Waals surface area (Å²) in [6.45, 7) is 4.30. The number of carbonyl (C=O) groups is 2. The number of morpholine rings is 1. The summed E-state index contributed by atoms with van der Waals surface area (Å²) >= 11 is 0. The fourth-order valence-corrected chi connectivity index (χ4v) is 3.83. The third-order valence-corrected chi connectivity index (χ3v) is 5.54. The first-order chi connectivity index (χ1) is 14.7. The average Bonchev–Trinajstić information content (AvgIpc) is 2.84. The number of piperidine rings is 1. The van der Waals surface area contributed by atoms with Crippen molar-refractivity contribution >= 4 is 17.7 Å². The van der Waals surface area contributed by atoms with Crippen LogP contribution in [0.1, 0.15) is 41.3 Å². The minimum atomic E-state index is -0.948. The lowest BCUT2D eigenvalue weighted by atomic mass is 10.1. The minimum absolute atomic E-state index is 0.160. The highest BCUT2D eigenvalue weighted by atomic mass is 16.5. The Kier molecular flexibility index (Phi) is 6.59. The molecular weight excluding hydrogens is 382 g/mol. The molecule has 3 heterocycles. The van der Waals surface area contributed by atoms with E-state index < -0.39 is 12.1 Å². The quantitative estimate of drug-likeness (QED) is 0.707. The van der Waals surface area contributed by atoms with Gasteiger partial charge in [-0.05, 0) is 31.4 Å². The van der Waals surface area contributed by atoms with Gasteiger partial charge < -0.3 is 19.3 Å². The molecule has 158 valence electrons. The molecule has 2 saturated heterocycles. The third kappa shape index (κ3) is 4.79. The molecule has 1 unspecified atom stereocenters. The second-order valence-electron chi connectivity index (χ2n) is 7.59. The Morgan fingerprint density at radius 2 is 1.67 bits per heavy atom. The van der Waals surface area contributed by atoms with Crippen LogP contribution in [0.25, 0.3) is 0 Å². The Balaban J connectivity index is 1.49. The number of nitrogens with zero attached hydrogens (tertiary/aromatic N) is 3. The number of anilines is 1. The second kappa shape index (κ2) is 9.71. The molecule has 0 N–H and O–H groups in total. The number of aromatic nitrogens is 1. The highest BCUT2D eigenvalue weighted by Crippen LogP contribution is 2.24. The van der Waals surface area contributed by atoms with Crippen LogP contribution in [0.2, 0.25) is 0 Å². The Hall–Kier alpha value is -2.93. The molecule has 1 aromatic carbocycles. The predicted octanol–water partition coefficient (Wildman–Crippen LogP) is 2.83. The molecule has 0 aliphatic carbocycles. The summed E-state index contributed by atoms with van der Waals surface area (Å²) < 4.78 is 11.1. The van der Waals surface area contributed by atoms with Gasteiger partial charge in [0.2, 0.25) is 6.10 Å². The van der Waals surface area contributed by atoms with Crippen LogP contribution < -0.4 is 4.90 Å². The Bertz CT molecular complexity index is 845. The Morgan fingerprint density at radius 3 is 2.33 bits per heavy atom. The van der Waals surface area contributed by atoms with E-state index in [1.54, 1.807) is 11.0 Å². The van der Waals surface area contributed by atoms with Crippen LogP contribution in [0, 0.1) is 0 Å². The first-order valence-electron chi connectivity index (χ1n) is 10.6. The molecular formula is C23H27N3O4. The lowest BCUT2D eigenvalue weighted by Gasteiger charge is -2.30. The van der Waals surface area contributed by atoms with Crippen LogP contribution in [0.15, 0.2) is 48.7 Å². The van der Waals surface area contributed by atoms with E-state index in [0.29, 0.717) is 37.4 Å². The molecule has 0 bridgehead atoms. The SMILES string of the molecule is O=C(OC(C(=O)N1CCCCC1)c1ccccc1)c1ccc(N2CCOCC2)nc1. The average molecular weight is 409 g/mol. The van der Waals surface area contributed by atoms with Crippen molar-refractivity contribution in [2.75, 3.05) is 44.3 Å². The van der Waals surface area contributed by atoms with Crippen molar-refractivity contribution in [3.8, 4) is 0 Å². The van der Waals surface area contributed by atoms with Gasteiger partial charge >= 0.3 is 5.97 Å². The van der Waals surface area contributed by atoms with Gasteiger partial charge in [0.15, 0.2) is 0 Å². The van der Waals surface area contributed by atoms with Gasteiger partial charge in [0.25, 0.3) is 5.91 Å². The van der Waals surface area contributed by atoms with E-state index in [1.165, 1.54) is 6.20 Å². The first-order valence-corrected chi connectivity index (χ1v) is 10.6. The highest BCUT2D eigenvalue weighted by Gasteiger charge is 2.30. The zero-order valence-corrected chi connectivity index (χ0v) is 17.0. The largest absolute Gasteiger partial charge is 0.444 e. The standard InChI is InChI=1S/C23H27N3O4/c27-22(26-11-5-2-6-12-26)21(18-7-3-1-4-8-18)30-23(28)19-9-10-20(24-17-19)25-13-15-29-16-14-25/h1,3-4,7-10,17,21H,2,5-6,11-16H2. The van der Waals surface area contributed by atoms with Crippen molar-refractivity contribution in [2.24, 2.45) is 0 Å². The van der Waals surface area contributed by atoms with E-state index in [4.69, 9.17) is 9.47 Å². The second-order valence-corrected chi connectivity index (χ2v) is 7.59. The van der Waals surface area contributed by atoms with Gasteiger partial charge in [-0.3, -0.25) is 4.79 Å².